The number of aromatic nitrogens is 2. The third-order valence-electron chi connectivity index (χ3n) is 2.40. The van der Waals surface area contributed by atoms with Gasteiger partial charge in [-0.15, -0.1) is 0 Å². The Morgan fingerprint density at radius 2 is 2.07 bits per heavy atom. The van der Waals surface area contributed by atoms with Crippen LogP contribution in [0.4, 0.5) is 0 Å². The highest BCUT2D eigenvalue weighted by molar-refractivity contribution is 5.74. The van der Waals surface area contributed by atoms with E-state index in [1.165, 1.54) is 0 Å². The van der Waals surface area contributed by atoms with Gasteiger partial charge >= 0.3 is 0 Å². The predicted octanol–water partition coefficient (Wildman–Crippen LogP) is 2.21. The van der Waals surface area contributed by atoms with E-state index in [0.29, 0.717) is 5.69 Å². The molecule has 0 saturated carbocycles. The maximum Gasteiger partial charge on any atom is 0.170 e. The van der Waals surface area contributed by atoms with Crippen LogP contribution in [0.25, 0.3) is 11.4 Å². The van der Waals surface area contributed by atoms with Gasteiger partial charge in [0.2, 0.25) is 0 Å². The summed E-state index contributed by atoms with van der Waals surface area (Å²) in [6.07, 6.45) is 2.50. The van der Waals surface area contributed by atoms with Crippen LogP contribution in [0.1, 0.15) is 16.1 Å². The van der Waals surface area contributed by atoms with Gasteiger partial charge in [-0.1, -0.05) is 24.3 Å². The Morgan fingerprint density at radius 3 is 2.67 bits per heavy atom. The van der Waals surface area contributed by atoms with Gasteiger partial charge in [-0.2, -0.15) is 0 Å². The van der Waals surface area contributed by atoms with E-state index in [9.17, 15) is 4.79 Å². The molecule has 1 aromatic carbocycles. The third-order valence-corrected chi connectivity index (χ3v) is 2.40. The van der Waals surface area contributed by atoms with E-state index >= 15 is 0 Å². The fourth-order valence-corrected chi connectivity index (χ4v) is 1.62. The van der Waals surface area contributed by atoms with Crippen LogP contribution in [0.3, 0.4) is 0 Å². The smallest absolute Gasteiger partial charge is 0.170 e. The van der Waals surface area contributed by atoms with E-state index < -0.39 is 0 Å². The van der Waals surface area contributed by atoms with Crippen LogP contribution in [0, 0.1) is 6.92 Å². The van der Waals surface area contributed by atoms with Crippen LogP contribution in [0.5, 0.6) is 0 Å². The first kappa shape index (κ1) is 9.65. The molecule has 3 heteroatoms. The van der Waals surface area contributed by atoms with Crippen molar-refractivity contribution in [3.63, 3.8) is 0 Å². The summed E-state index contributed by atoms with van der Waals surface area (Å²) >= 11 is 0. The molecule has 0 atom stereocenters. The molecular formula is C12H12N2O. The zero-order valence-corrected chi connectivity index (χ0v) is 8.77. The summed E-state index contributed by atoms with van der Waals surface area (Å²) in [6.45, 7) is 2.03. The number of carbonyl (C=O) groups excluding carboxylic acids is 1. The minimum absolute atomic E-state index is 0.468. The molecule has 0 aliphatic carbocycles. The number of nitrogens with zero attached hydrogens (tertiary/aromatic N) is 2. The molecule has 0 N–H and O–H groups in total. The normalized spacial score (nSPS) is 10.3. The van der Waals surface area contributed by atoms with Gasteiger partial charge in [0.25, 0.3) is 0 Å². The molecular weight excluding hydrogens is 188 g/mol. The number of aryl methyl sites for hydroxylation is 2. The lowest BCUT2D eigenvalue weighted by molar-refractivity contribution is 0.111. The van der Waals surface area contributed by atoms with Crippen LogP contribution in [0.2, 0.25) is 0 Å². The average molecular weight is 200 g/mol. The lowest BCUT2D eigenvalue weighted by Crippen LogP contribution is -1.92. The van der Waals surface area contributed by atoms with E-state index in [1.807, 2.05) is 42.8 Å². The Morgan fingerprint density at radius 1 is 1.33 bits per heavy atom. The topological polar surface area (TPSA) is 34.9 Å². The van der Waals surface area contributed by atoms with Crippen molar-refractivity contribution >= 4 is 6.29 Å². The van der Waals surface area contributed by atoms with Gasteiger partial charge in [0.05, 0.1) is 0 Å². The number of hydrogen-bond acceptors (Lipinski definition) is 2. The molecule has 1 heterocycles. The van der Waals surface area contributed by atoms with Gasteiger partial charge in [0.1, 0.15) is 11.5 Å². The van der Waals surface area contributed by atoms with Crippen molar-refractivity contribution in [2.45, 2.75) is 6.92 Å². The molecule has 2 aromatic rings. The van der Waals surface area contributed by atoms with E-state index in [2.05, 4.69) is 4.98 Å². The summed E-state index contributed by atoms with van der Waals surface area (Å²) in [5.74, 6) is 0.829. The van der Waals surface area contributed by atoms with Crippen LogP contribution < -0.4 is 0 Å². The highest BCUT2D eigenvalue weighted by Gasteiger charge is 2.08. The zero-order valence-electron chi connectivity index (χ0n) is 8.77. The second-order valence-electron chi connectivity index (χ2n) is 3.53. The van der Waals surface area contributed by atoms with Crippen LogP contribution in [-0.2, 0) is 7.05 Å². The number of imidazole rings is 1. The molecule has 0 unspecified atom stereocenters. The second kappa shape index (κ2) is 3.69. The van der Waals surface area contributed by atoms with Crippen molar-refractivity contribution in [2.75, 3.05) is 0 Å². The molecule has 76 valence electrons. The molecule has 2 rings (SSSR count). The lowest BCUT2D eigenvalue weighted by atomic mass is 10.1. The van der Waals surface area contributed by atoms with Crippen molar-refractivity contribution in [1.82, 2.24) is 9.55 Å². The van der Waals surface area contributed by atoms with E-state index in [1.54, 1.807) is 6.20 Å². The van der Waals surface area contributed by atoms with E-state index in [-0.39, 0.29) is 0 Å². The van der Waals surface area contributed by atoms with Crippen LogP contribution >= 0.6 is 0 Å². The van der Waals surface area contributed by atoms with Crippen molar-refractivity contribution in [3.8, 4) is 11.4 Å². The first-order valence-electron chi connectivity index (χ1n) is 4.77. The summed E-state index contributed by atoms with van der Waals surface area (Å²) in [7, 11) is 1.89. The van der Waals surface area contributed by atoms with Crippen LogP contribution in [0.15, 0.2) is 30.5 Å². The molecule has 0 fully saturated rings. The number of benzene rings is 1. The lowest BCUT2D eigenvalue weighted by Gasteiger charge is -2.04. The van der Waals surface area contributed by atoms with Gasteiger partial charge in [0.15, 0.2) is 6.29 Å². The predicted molar refractivity (Wildman–Crippen MR) is 58.8 cm³/mol. The zero-order chi connectivity index (χ0) is 10.8. The van der Waals surface area contributed by atoms with Crippen LogP contribution in [-0.4, -0.2) is 15.8 Å². The highest BCUT2D eigenvalue weighted by Crippen LogP contribution is 2.21. The fraction of sp³-hybridized carbons (Fsp3) is 0.167. The molecule has 0 amide bonds. The van der Waals surface area contributed by atoms with E-state index in [4.69, 9.17) is 0 Å². The molecule has 3 nitrogen and oxygen atoms in total. The third kappa shape index (κ3) is 1.68. The fourth-order valence-electron chi connectivity index (χ4n) is 1.62. The highest BCUT2D eigenvalue weighted by atomic mass is 16.1. The molecule has 0 radical (unpaired) electrons. The quantitative estimate of drug-likeness (QED) is 0.696. The Kier molecular flexibility index (Phi) is 2.37. The van der Waals surface area contributed by atoms with Gasteiger partial charge in [0, 0.05) is 18.8 Å². The van der Waals surface area contributed by atoms with Gasteiger partial charge in [-0.25, -0.2) is 4.98 Å². The van der Waals surface area contributed by atoms with Gasteiger partial charge < -0.3 is 4.57 Å². The van der Waals surface area contributed by atoms with E-state index in [0.717, 1.165) is 23.2 Å². The SMILES string of the molecule is Cc1ccccc1-c1nc(C=O)cn1C. The number of carbonyl (C=O) groups is 1. The summed E-state index contributed by atoms with van der Waals surface area (Å²) in [4.78, 5) is 14.9. The molecule has 0 aliphatic heterocycles. The van der Waals surface area contributed by atoms with Crippen molar-refractivity contribution in [1.29, 1.82) is 0 Å². The van der Waals surface area contributed by atoms with Crippen molar-refractivity contribution in [3.05, 3.63) is 41.7 Å². The largest absolute Gasteiger partial charge is 0.333 e. The number of aldehydes is 1. The number of hydrogen-bond donors (Lipinski definition) is 0. The molecule has 0 spiro atoms. The maximum atomic E-state index is 10.6. The maximum absolute atomic E-state index is 10.6. The Bertz CT molecular complexity index is 500. The Labute approximate surface area is 88.4 Å². The molecule has 15 heavy (non-hydrogen) atoms. The van der Waals surface area contributed by atoms with Crippen molar-refractivity contribution < 1.29 is 4.79 Å². The first-order valence-corrected chi connectivity index (χ1v) is 4.77. The Balaban J connectivity index is 2.58. The average Bonchev–Trinajstić information content (AvgIpc) is 2.60. The van der Waals surface area contributed by atoms with Gasteiger partial charge in [-0.3, -0.25) is 4.79 Å². The summed E-state index contributed by atoms with van der Waals surface area (Å²) in [6, 6.07) is 8.00. The summed E-state index contributed by atoms with van der Waals surface area (Å²) in [5, 5.41) is 0. The van der Waals surface area contributed by atoms with Crippen molar-refractivity contribution in [2.24, 2.45) is 7.05 Å². The minimum Gasteiger partial charge on any atom is -0.333 e. The number of rotatable bonds is 2. The molecule has 0 saturated heterocycles. The second-order valence-corrected chi connectivity index (χ2v) is 3.53. The van der Waals surface area contributed by atoms with Gasteiger partial charge in [-0.05, 0) is 12.5 Å². The molecule has 0 aliphatic rings. The minimum atomic E-state index is 0.468. The Hall–Kier alpha value is -1.90. The molecule has 0 bridgehead atoms. The monoisotopic (exact) mass is 200 g/mol. The first-order chi connectivity index (χ1) is 7.22. The standard InChI is InChI=1S/C12H12N2O/c1-9-5-3-4-6-11(9)12-13-10(8-15)7-14(12)2/h3-8H,1-2H3. The molecule has 1 aromatic heterocycles. The summed E-state index contributed by atoms with van der Waals surface area (Å²) in [5.41, 5.74) is 2.69. The summed E-state index contributed by atoms with van der Waals surface area (Å²) < 4.78 is 1.87.